The summed E-state index contributed by atoms with van der Waals surface area (Å²) in [6, 6.07) is 23.0. The van der Waals surface area contributed by atoms with Crippen LogP contribution in [0.15, 0.2) is 78.9 Å². The SMILES string of the molecule is N#Cc1ccc2cc(Oc3ccc([N+](=O)[O-])cc3-c3ccccc3C(=O)O)ccc2c1. The number of nitriles is 1. The van der Waals surface area contributed by atoms with Crippen LogP contribution in [-0.2, 0) is 0 Å². The van der Waals surface area contributed by atoms with Gasteiger partial charge >= 0.3 is 5.97 Å². The van der Waals surface area contributed by atoms with Crippen LogP contribution in [-0.4, -0.2) is 16.0 Å². The van der Waals surface area contributed by atoms with Crippen LogP contribution in [0, 0.1) is 21.4 Å². The van der Waals surface area contributed by atoms with E-state index in [2.05, 4.69) is 6.07 Å². The van der Waals surface area contributed by atoms with Crippen molar-refractivity contribution in [2.75, 3.05) is 0 Å². The van der Waals surface area contributed by atoms with Crippen LogP contribution in [0.4, 0.5) is 5.69 Å². The van der Waals surface area contributed by atoms with Gasteiger partial charge in [-0.1, -0.05) is 30.3 Å². The molecule has 4 aromatic carbocycles. The van der Waals surface area contributed by atoms with E-state index < -0.39 is 10.9 Å². The lowest BCUT2D eigenvalue weighted by Gasteiger charge is -2.14. The minimum atomic E-state index is -1.15. The van der Waals surface area contributed by atoms with Gasteiger partial charge in [0.15, 0.2) is 0 Å². The highest BCUT2D eigenvalue weighted by atomic mass is 16.6. The van der Waals surface area contributed by atoms with Crippen LogP contribution in [0.1, 0.15) is 15.9 Å². The Hall–Kier alpha value is -4.70. The number of non-ortho nitro benzene ring substituents is 1. The molecular weight excluding hydrogens is 396 g/mol. The molecule has 4 rings (SSSR count). The van der Waals surface area contributed by atoms with Crippen molar-refractivity contribution in [2.45, 2.75) is 0 Å². The smallest absolute Gasteiger partial charge is 0.336 e. The van der Waals surface area contributed by atoms with Crippen molar-refractivity contribution in [2.24, 2.45) is 0 Å². The summed E-state index contributed by atoms with van der Waals surface area (Å²) in [5, 5.41) is 31.6. The third-order valence-corrected chi connectivity index (χ3v) is 4.79. The van der Waals surface area contributed by atoms with E-state index in [1.165, 1.54) is 24.3 Å². The van der Waals surface area contributed by atoms with Crippen LogP contribution >= 0.6 is 0 Å². The minimum Gasteiger partial charge on any atom is -0.478 e. The summed E-state index contributed by atoms with van der Waals surface area (Å²) < 4.78 is 6.02. The summed E-state index contributed by atoms with van der Waals surface area (Å²) >= 11 is 0. The molecule has 7 heteroatoms. The number of nitro benzene ring substituents is 1. The van der Waals surface area contributed by atoms with E-state index in [0.717, 1.165) is 10.8 Å². The summed E-state index contributed by atoms with van der Waals surface area (Å²) in [7, 11) is 0. The fourth-order valence-electron chi connectivity index (χ4n) is 3.32. The van der Waals surface area contributed by atoms with Gasteiger partial charge < -0.3 is 9.84 Å². The second-order valence-corrected chi connectivity index (χ2v) is 6.73. The summed E-state index contributed by atoms with van der Waals surface area (Å²) in [4.78, 5) is 22.4. The number of carbonyl (C=O) groups is 1. The molecule has 0 aliphatic carbocycles. The zero-order valence-electron chi connectivity index (χ0n) is 16.0. The highest BCUT2D eigenvalue weighted by Crippen LogP contribution is 2.38. The molecule has 0 spiro atoms. The van der Waals surface area contributed by atoms with Gasteiger partial charge in [0.05, 0.1) is 22.1 Å². The van der Waals surface area contributed by atoms with E-state index in [-0.39, 0.29) is 17.0 Å². The lowest BCUT2D eigenvalue weighted by atomic mass is 9.98. The number of carboxylic acid groups (broad SMARTS) is 1. The molecule has 150 valence electrons. The van der Waals surface area contributed by atoms with Crippen LogP contribution in [0.3, 0.4) is 0 Å². The lowest BCUT2D eigenvalue weighted by Crippen LogP contribution is -2.00. The second-order valence-electron chi connectivity index (χ2n) is 6.73. The maximum absolute atomic E-state index is 11.7. The molecule has 0 fully saturated rings. The summed E-state index contributed by atoms with van der Waals surface area (Å²) in [6.07, 6.45) is 0. The summed E-state index contributed by atoms with van der Waals surface area (Å²) in [5.41, 5.74) is 0.991. The normalized spacial score (nSPS) is 10.4. The highest BCUT2D eigenvalue weighted by molar-refractivity contribution is 5.97. The van der Waals surface area contributed by atoms with Crippen LogP contribution in [0.2, 0.25) is 0 Å². The highest BCUT2D eigenvalue weighted by Gasteiger charge is 2.19. The van der Waals surface area contributed by atoms with Gasteiger partial charge in [-0.25, -0.2) is 4.79 Å². The largest absolute Gasteiger partial charge is 0.478 e. The number of nitrogens with zero attached hydrogens (tertiary/aromatic N) is 2. The third kappa shape index (κ3) is 3.91. The number of fused-ring (bicyclic) bond motifs is 1. The summed E-state index contributed by atoms with van der Waals surface area (Å²) in [6.45, 7) is 0. The van der Waals surface area contributed by atoms with Gasteiger partial charge in [-0.3, -0.25) is 10.1 Å². The quantitative estimate of drug-likeness (QED) is 0.330. The third-order valence-electron chi connectivity index (χ3n) is 4.79. The van der Waals surface area contributed by atoms with Crippen molar-refractivity contribution < 1.29 is 19.6 Å². The molecule has 0 aliphatic rings. The fraction of sp³-hybridized carbons (Fsp3) is 0. The van der Waals surface area contributed by atoms with E-state index in [9.17, 15) is 20.0 Å². The molecule has 0 atom stereocenters. The molecule has 0 saturated carbocycles. The van der Waals surface area contributed by atoms with Gasteiger partial charge in [0, 0.05) is 23.3 Å². The minimum absolute atomic E-state index is 0.00962. The molecule has 0 amide bonds. The molecule has 0 saturated heterocycles. The Labute approximate surface area is 176 Å². The number of hydrogen-bond donors (Lipinski definition) is 1. The zero-order valence-corrected chi connectivity index (χ0v) is 16.0. The van der Waals surface area contributed by atoms with Crippen molar-refractivity contribution >= 4 is 22.4 Å². The van der Waals surface area contributed by atoms with E-state index in [0.29, 0.717) is 22.4 Å². The van der Waals surface area contributed by atoms with E-state index in [1.807, 2.05) is 6.07 Å². The zero-order chi connectivity index (χ0) is 22.0. The van der Waals surface area contributed by atoms with E-state index >= 15 is 0 Å². The van der Waals surface area contributed by atoms with Crippen LogP contribution in [0.25, 0.3) is 21.9 Å². The number of benzene rings is 4. The van der Waals surface area contributed by atoms with E-state index in [4.69, 9.17) is 10.00 Å². The van der Waals surface area contributed by atoms with Gasteiger partial charge in [0.2, 0.25) is 0 Å². The average Bonchev–Trinajstić information content (AvgIpc) is 2.78. The molecule has 0 aliphatic heterocycles. The number of aromatic carboxylic acids is 1. The number of ether oxygens (including phenoxy) is 1. The van der Waals surface area contributed by atoms with Crippen molar-refractivity contribution in [1.82, 2.24) is 0 Å². The molecule has 0 radical (unpaired) electrons. The predicted octanol–water partition coefficient (Wildman–Crippen LogP) is 5.78. The molecule has 0 aromatic heterocycles. The maximum Gasteiger partial charge on any atom is 0.336 e. The van der Waals surface area contributed by atoms with Gasteiger partial charge in [-0.15, -0.1) is 0 Å². The average molecular weight is 410 g/mol. The summed E-state index contributed by atoms with van der Waals surface area (Å²) in [5.74, 6) is -0.389. The van der Waals surface area contributed by atoms with Gasteiger partial charge in [-0.05, 0) is 47.2 Å². The van der Waals surface area contributed by atoms with Crippen LogP contribution < -0.4 is 4.74 Å². The standard InChI is InChI=1S/C24H14N2O5/c25-14-15-5-6-17-12-19(9-7-16(17)11-15)31-23-10-8-18(26(29)30)13-22(23)20-3-1-2-4-21(20)24(27)28/h1-13H,(H,27,28). The topological polar surface area (TPSA) is 113 Å². The lowest BCUT2D eigenvalue weighted by molar-refractivity contribution is -0.384. The Morgan fingerprint density at radius 1 is 0.935 bits per heavy atom. The fourth-order valence-corrected chi connectivity index (χ4v) is 3.32. The first-order valence-electron chi connectivity index (χ1n) is 9.19. The molecule has 4 aromatic rings. The Kier molecular flexibility index (Phi) is 5.04. The number of hydrogen-bond acceptors (Lipinski definition) is 5. The second kappa shape index (κ2) is 7.97. The Morgan fingerprint density at radius 2 is 1.68 bits per heavy atom. The van der Waals surface area contributed by atoms with E-state index in [1.54, 1.807) is 48.5 Å². The van der Waals surface area contributed by atoms with Crippen molar-refractivity contribution in [3.63, 3.8) is 0 Å². The monoisotopic (exact) mass is 410 g/mol. The Balaban J connectivity index is 1.82. The first-order valence-corrected chi connectivity index (χ1v) is 9.19. The molecule has 7 nitrogen and oxygen atoms in total. The number of rotatable bonds is 5. The van der Waals surface area contributed by atoms with Crippen molar-refractivity contribution in [1.29, 1.82) is 5.26 Å². The van der Waals surface area contributed by atoms with Gasteiger partial charge in [0.1, 0.15) is 11.5 Å². The molecule has 31 heavy (non-hydrogen) atoms. The number of carboxylic acids is 1. The van der Waals surface area contributed by atoms with Gasteiger partial charge in [-0.2, -0.15) is 5.26 Å². The first-order chi connectivity index (χ1) is 15.0. The number of nitro groups is 1. The van der Waals surface area contributed by atoms with Crippen molar-refractivity contribution in [3.05, 3.63) is 100 Å². The predicted molar refractivity (Wildman–Crippen MR) is 114 cm³/mol. The molecule has 1 N–H and O–H groups in total. The van der Waals surface area contributed by atoms with Crippen LogP contribution in [0.5, 0.6) is 11.5 Å². The molecule has 0 heterocycles. The Morgan fingerprint density at radius 3 is 2.42 bits per heavy atom. The Bertz CT molecular complexity index is 1390. The molecule has 0 unspecified atom stereocenters. The first kappa shape index (κ1) is 19.6. The van der Waals surface area contributed by atoms with Crippen molar-refractivity contribution in [3.8, 4) is 28.7 Å². The maximum atomic E-state index is 11.7. The molecule has 0 bridgehead atoms. The molecular formula is C24H14N2O5. The van der Waals surface area contributed by atoms with Gasteiger partial charge in [0.25, 0.3) is 5.69 Å².